The van der Waals surface area contributed by atoms with E-state index in [-0.39, 0.29) is 5.75 Å². The molecule has 2 aromatic rings. The highest BCUT2D eigenvalue weighted by Crippen LogP contribution is 2.23. The average molecular weight is 416 g/mol. The lowest BCUT2D eigenvalue weighted by molar-refractivity contribution is 0.383. The summed E-state index contributed by atoms with van der Waals surface area (Å²) in [5.41, 5.74) is 1.92. The van der Waals surface area contributed by atoms with Gasteiger partial charge in [-0.05, 0) is 31.7 Å². The van der Waals surface area contributed by atoms with Gasteiger partial charge in [0.1, 0.15) is 18.0 Å². The van der Waals surface area contributed by atoms with Crippen LogP contribution in [0.3, 0.4) is 0 Å². The average Bonchev–Trinajstić information content (AvgIpc) is 2.74. The lowest BCUT2D eigenvalue weighted by Crippen LogP contribution is -2.49. The number of hydrogen-bond donors (Lipinski definition) is 0. The Kier molecular flexibility index (Phi) is 6.01. The van der Waals surface area contributed by atoms with Gasteiger partial charge >= 0.3 is 0 Å². The van der Waals surface area contributed by atoms with E-state index in [4.69, 9.17) is 0 Å². The molecule has 1 aromatic heterocycles. The van der Waals surface area contributed by atoms with Gasteiger partial charge in [-0.15, -0.1) is 0 Å². The number of piperazine rings is 1. The molecule has 156 valence electrons. The van der Waals surface area contributed by atoms with Crippen molar-refractivity contribution < 1.29 is 8.42 Å². The van der Waals surface area contributed by atoms with Crippen molar-refractivity contribution in [2.24, 2.45) is 0 Å². The van der Waals surface area contributed by atoms with Crippen LogP contribution in [0, 0.1) is 6.92 Å². The summed E-state index contributed by atoms with van der Waals surface area (Å²) < 4.78 is 27.3. The Morgan fingerprint density at radius 1 is 0.862 bits per heavy atom. The van der Waals surface area contributed by atoms with Gasteiger partial charge in [0.05, 0.1) is 5.75 Å². The SMILES string of the molecule is Cc1cccc(CS(=O)(=O)N2CCN(c3cc(N4CCCCC4)ncn3)CC2)c1. The number of rotatable bonds is 5. The molecule has 0 radical (unpaired) electrons. The van der Waals surface area contributed by atoms with Crippen LogP contribution in [0.15, 0.2) is 36.7 Å². The highest BCUT2D eigenvalue weighted by atomic mass is 32.2. The van der Waals surface area contributed by atoms with Gasteiger partial charge in [0.2, 0.25) is 10.0 Å². The molecule has 7 nitrogen and oxygen atoms in total. The molecule has 0 N–H and O–H groups in total. The Balaban J connectivity index is 1.39. The highest BCUT2D eigenvalue weighted by Gasteiger charge is 2.28. The molecule has 29 heavy (non-hydrogen) atoms. The normalized spacial score (nSPS) is 18.8. The van der Waals surface area contributed by atoms with Crippen molar-refractivity contribution in [3.8, 4) is 0 Å². The van der Waals surface area contributed by atoms with Crippen molar-refractivity contribution in [2.75, 3.05) is 49.1 Å². The molecule has 2 aliphatic heterocycles. The smallest absolute Gasteiger partial charge is 0.218 e. The second kappa shape index (κ2) is 8.67. The Bertz CT molecular complexity index is 936. The summed E-state index contributed by atoms with van der Waals surface area (Å²) >= 11 is 0. The van der Waals surface area contributed by atoms with Crippen LogP contribution >= 0.6 is 0 Å². The van der Waals surface area contributed by atoms with E-state index >= 15 is 0 Å². The van der Waals surface area contributed by atoms with Crippen LogP contribution in [0.4, 0.5) is 11.6 Å². The molecule has 0 bridgehead atoms. The van der Waals surface area contributed by atoms with E-state index in [1.54, 1.807) is 10.6 Å². The number of anilines is 2. The minimum Gasteiger partial charge on any atom is -0.356 e. The summed E-state index contributed by atoms with van der Waals surface area (Å²) in [4.78, 5) is 13.4. The maximum Gasteiger partial charge on any atom is 0.218 e. The lowest BCUT2D eigenvalue weighted by Gasteiger charge is -2.35. The molecule has 8 heteroatoms. The van der Waals surface area contributed by atoms with Gasteiger partial charge in [0.15, 0.2) is 0 Å². The molecule has 0 saturated carbocycles. The Morgan fingerprint density at radius 2 is 1.52 bits per heavy atom. The van der Waals surface area contributed by atoms with Crippen molar-refractivity contribution >= 4 is 21.7 Å². The van der Waals surface area contributed by atoms with Gasteiger partial charge in [0, 0.05) is 45.3 Å². The van der Waals surface area contributed by atoms with Crippen LogP contribution in [0.5, 0.6) is 0 Å². The zero-order valence-electron chi connectivity index (χ0n) is 17.0. The van der Waals surface area contributed by atoms with E-state index in [2.05, 4.69) is 19.8 Å². The van der Waals surface area contributed by atoms with Crippen molar-refractivity contribution in [2.45, 2.75) is 31.9 Å². The van der Waals surface area contributed by atoms with Gasteiger partial charge < -0.3 is 9.80 Å². The van der Waals surface area contributed by atoms with Gasteiger partial charge in [0.25, 0.3) is 0 Å². The number of hydrogen-bond acceptors (Lipinski definition) is 6. The summed E-state index contributed by atoms with van der Waals surface area (Å²) in [6.45, 7) is 6.32. The molecule has 0 spiro atoms. The maximum atomic E-state index is 12.8. The molecule has 0 unspecified atom stereocenters. The lowest BCUT2D eigenvalue weighted by atomic mass is 10.1. The van der Waals surface area contributed by atoms with Gasteiger partial charge in [-0.2, -0.15) is 4.31 Å². The number of aromatic nitrogens is 2. The topological polar surface area (TPSA) is 69.6 Å². The second-order valence-corrected chi connectivity index (χ2v) is 9.88. The minimum absolute atomic E-state index is 0.0568. The van der Waals surface area contributed by atoms with Crippen molar-refractivity contribution in [1.82, 2.24) is 14.3 Å². The first-order valence-corrected chi connectivity index (χ1v) is 12.0. The van der Waals surface area contributed by atoms with E-state index < -0.39 is 10.0 Å². The van der Waals surface area contributed by atoms with Crippen LogP contribution in [0.25, 0.3) is 0 Å². The molecule has 0 aliphatic carbocycles. The molecule has 2 fully saturated rings. The quantitative estimate of drug-likeness (QED) is 0.747. The van der Waals surface area contributed by atoms with Crippen molar-refractivity contribution in [3.63, 3.8) is 0 Å². The molecule has 2 saturated heterocycles. The number of sulfonamides is 1. The largest absolute Gasteiger partial charge is 0.356 e. The predicted octanol–water partition coefficient (Wildman–Crippen LogP) is 2.43. The first kappa shape index (κ1) is 20.1. The predicted molar refractivity (Wildman–Crippen MR) is 116 cm³/mol. The zero-order chi connectivity index (χ0) is 20.3. The molecule has 0 atom stereocenters. The summed E-state index contributed by atoms with van der Waals surface area (Å²) in [5, 5.41) is 0. The van der Waals surface area contributed by atoms with E-state index in [1.807, 2.05) is 37.3 Å². The first-order chi connectivity index (χ1) is 14.0. The molecule has 4 rings (SSSR count). The van der Waals surface area contributed by atoms with Crippen molar-refractivity contribution in [1.29, 1.82) is 0 Å². The fourth-order valence-corrected chi connectivity index (χ4v) is 5.61. The second-order valence-electron chi connectivity index (χ2n) is 7.91. The third kappa shape index (κ3) is 4.87. The maximum absolute atomic E-state index is 12.8. The molecule has 2 aliphatic rings. The van der Waals surface area contributed by atoms with Crippen LogP contribution in [-0.2, 0) is 15.8 Å². The third-order valence-corrected chi connectivity index (χ3v) is 7.56. The Labute approximate surface area is 173 Å². The van der Waals surface area contributed by atoms with Gasteiger partial charge in [-0.1, -0.05) is 29.8 Å². The number of aryl methyl sites for hydroxylation is 1. The van der Waals surface area contributed by atoms with Crippen LogP contribution < -0.4 is 9.80 Å². The molecular formula is C21H29N5O2S. The van der Waals surface area contributed by atoms with Crippen molar-refractivity contribution in [3.05, 3.63) is 47.8 Å². The standard InChI is InChI=1S/C21H29N5O2S/c1-18-6-5-7-19(14-18)16-29(27,28)26-12-10-25(11-13-26)21-15-20(22-17-23-21)24-8-3-2-4-9-24/h5-7,14-15,17H,2-4,8-13,16H2,1H3. The van der Waals surface area contributed by atoms with E-state index in [1.165, 1.54) is 19.3 Å². The summed E-state index contributed by atoms with van der Waals surface area (Å²) in [6.07, 6.45) is 5.32. The summed E-state index contributed by atoms with van der Waals surface area (Å²) in [5.74, 6) is 1.92. The van der Waals surface area contributed by atoms with Crippen LogP contribution in [-0.4, -0.2) is 62.0 Å². The van der Waals surface area contributed by atoms with E-state index in [0.29, 0.717) is 26.2 Å². The third-order valence-electron chi connectivity index (χ3n) is 5.71. The number of benzene rings is 1. The molecule has 3 heterocycles. The summed E-state index contributed by atoms with van der Waals surface area (Å²) in [7, 11) is -3.32. The molecule has 0 amide bonds. The molecular weight excluding hydrogens is 386 g/mol. The van der Waals surface area contributed by atoms with E-state index in [0.717, 1.165) is 35.9 Å². The Hall–Kier alpha value is -2.19. The zero-order valence-corrected chi connectivity index (χ0v) is 17.8. The summed E-state index contributed by atoms with van der Waals surface area (Å²) in [6, 6.07) is 9.75. The van der Waals surface area contributed by atoms with Gasteiger partial charge in [-0.25, -0.2) is 18.4 Å². The fraction of sp³-hybridized carbons (Fsp3) is 0.524. The fourth-order valence-electron chi connectivity index (χ4n) is 4.11. The van der Waals surface area contributed by atoms with Gasteiger partial charge in [-0.3, -0.25) is 0 Å². The highest BCUT2D eigenvalue weighted by molar-refractivity contribution is 7.88. The monoisotopic (exact) mass is 415 g/mol. The molecule has 1 aromatic carbocycles. The number of piperidine rings is 1. The Morgan fingerprint density at radius 3 is 2.17 bits per heavy atom. The minimum atomic E-state index is -3.32. The van der Waals surface area contributed by atoms with Crippen LogP contribution in [0.2, 0.25) is 0 Å². The number of nitrogens with zero attached hydrogens (tertiary/aromatic N) is 5. The van der Waals surface area contributed by atoms with Crippen LogP contribution in [0.1, 0.15) is 30.4 Å². The van der Waals surface area contributed by atoms with E-state index in [9.17, 15) is 8.42 Å². The first-order valence-electron chi connectivity index (χ1n) is 10.4.